The molecule has 1 aromatic carbocycles. The molecule has 2 rings (SSSR count). The van der Waals surface area contributed by atoms with Gasteiger partial charge >= 0.3 is 0 Å². The number of benzene rings is 1. The summed E-state index contributed by atoms with van der Waals surface area (Å²) in [4.78, 5) is 36.8. The van der Waals surface area contributed by atoms with E-state index < -0.39 is 11.6 Å². The van der Waals surface area contributed by atoms with E-state index in [9.17, 15) is 14.4 Å². The lowest BCUT2D eigenvalue weighted by Gasteiger charge is -2.13. The number of allylic oxidation sites excluding steroid dienone is 2. The van der Waals surface area contributed by atoms with Gasteiger partial charge in [0.1, 0.15) is 10.7 Å². The number of hydrogen-bond acceptors (Lipinski definition) is 4. The first-order valence-electron chi connectivity index (χ1n) is 4.33. The van der Waals surface area contributed by atoms with Gasteiger partial charge in [-0.15, -0.1) is 0 Å². The number of halogens is 1. The van der Waals surface area contributed by atoms with Crippen LogP contribution in [-0.2, 0) is 4.79 Å². The zero-order valence-corrected chi connectivity index (χ0v) is 8.62. The van der Waals surface area contributed by atoms with Gasteiger partial charge in [-0.05, 0) is 0 Å². The zero-order valence-electron chi connectivity index (χ0n) is 7.86. The Labute approximate surface area is 95.2 Å². The summed E-state index contributed by atoms with van der Waals surface area (Å²) >= 11 is 5.67. The summed E-state index contributed by atoms with van der Waals surface area (Å²) in [6, 6.07) is 6.23. The minimum absolute atomic E-state index is 0.200. The Hall–Kier alpha value is -2.03. The normalized spacial score (nSPS) is 14.6. The van der Waals surface area contributed by atoms with Crippen molar-refractivity contribution in [2.45, 2.75) is 0 Å². The van der Waals surface area contributed by atoms with Gasteiger partial charge in [0.05, 0.1) is 0 Å². The van der Waals surface area contributed by atoms with Gasteiger partial charge in [0.25, 0.3) is 0 Å². The largest absolute Gasteiger partial charge is 0.287 e. The summed E-state index contributed by atoms with van der Waals surface area (Å²) in [6.07, 6.45) is 1.21. The predicted molar refractivity (Wildman–Crippen MR) is 56.1 cm³/mol. The number of rotatable bonds is 1. The van der Waals surface area contributed by atoms with Crippen molar-refractivity contribution in [2.75, 3.05) is 0 Å². The number of ketones is 2. The van der Waals surface area contributed by atoms with E-state index in [2.05, 4.69) is 4.99 Å². The molecule has 4 nitrogen and oxygen atoms in total. The molecule has 16 heavy (non-hydrogen) atoms. The van der Waals surface area contributed by atoms with Crippen LogP contribution in [0.15, 0.2) is 40.0 Å². The van der Waals surface area contributed by atoms with Gasteiger partial charge in [-0.1, -0.05) is 35.9 Å². The van der Waals surface area contributed by atoms with E-state index in [0.29, 0.717) is 0 Å². The van der Waals surface area contributed by atoms with Crippen LogP contribution in [0.3, 0.4) is 0 Å². The Bertz CT molecular complexity index is 583. The number of nitrogens with zero attached hydrogens (tertiary/aromatic N) is 1. The Morgan fingerprint density at radius 1 is 1.06 bits per heavy atom. The van der Waals surface area contributed by atoms with Gasteiger partial charge < -0.3 is 0 Å². The molecule has 0 bridgehead atoms. The third-order valence-corrected chi connectivity index (χ3v) is 2.55. The van der Waals surface area contributed by atoms with Gasteiger partial charge in [0, 0.05) is 11.1 Å². The molecule has 0 radical (unpaired) electrons. The molecule has 0 aromatic heterocycles. The number of isocyanates is 1. The predicted octanol–water partition coefficient (Wildman–Crippen LogP) is 1.85. The van der Waals surface area contributed by atoms with Crippen molar-refractivity contribution in [3.8, 4) is 0 Å². The lowest BCUT2D eigenvalue weighted by Crippen LogP contribution is -2.18. The molecular formula is C11H4ClNO3. The van der Waals surface area contributed by atoms with E-state index in [0.717, 1.165) is 0 Å². The third-order valence-electron chi connectivity index (χ3n) is 2.20. The van der Waals surface area contributed by atoms with Gasteiger partial charge in [-0.2, -0.15) is 4.99 Å². The van der Waals surface area contributed by atoms with Crippen LogP contribution in [0.2, 0.25) is 0 Å². The summed E-state index contributed by atoms with van der Waals surface area (Å²) in [5.41, 5.74) is 0.0774. The fourth-order valence-electron chi connectivity index (χ4n) is 1.48. The fourth-order valence-corrected chi connectivity index (χ4v) is 1.71. The molecule has 0 N–H and O–H groups in total. The maximum absolute atomic E-state index is 11.8. The van der Waals surface area contributed by atoms with Crippen molar-refractivity contribution in [3.05, 3.63) is 46.1 Å². The molecule has 0 aliphatic heterocycles. The molecule has 0 saturated carbocycles. The number of carbonyl (C=O) groups is 2. The fraction of sp³-hybridized carbons (Fsp3) is 0. The van der Waals surface area contributed by atoms with Crippen LogP contribution in [0.5, 0.6) is 0 Å². The monoisotopic (exact) mass is 233 g/mol. The van der Waals surface area contributed by atoms with Crippen molar-refractivity contribution in [1.82, 2.24) is 0 Å². The molecule has 0 spiro atoms. The van der Waals surface area contributed by atoms with E-state index in [-0.39, 0.29) is 21.9 Å². The van der Waals surface area contributed by atoms with Crippen LogP contribution in [0.1, 0.15) is 20.7 Å². The maximum atomic E-state index is 11.8. The molecule has 78 valence electrons. The van der Waals surface area contributed by atoms with Crippen LogP contribution in [0, 0.1) is 0 Å². The van der Waals surface area contributed by atoms with E-state index in [1.54, 1.807) is 12.1 Å². The first-order valence-corrected chi connectivity index (χ1v) is 4.70. The highest BCUT2D eigenvalue weighted by molar-refractivity contribution is 6.50. The molecular weight excluding hydrogens is 230 g/mol. The first kappa shape index (κ1) is 10.5. The molecule has 0 saturated heterocycles. The lowest BCUT2D eigenvalue weighted by molar-refractivity contribution is 0.0980. The van der Waals surface area contributed by atoms with Gasteiger partial charge in [-0.25, -0.2) is 4.79 Å². The van der Waals surface area contributed by atoms with Crippen LogP contribution >= 0.6 is 11.6 Å². The van der Waals surface area contributed by atoms with Crippen LogP contribution in [-0.4, -0.2) is 17.6 Å². The smallest absolute Gasteiger partial charge is 0.240 e. The summed E-state index contributed by atoms with van der Waals surface area (Å²) in [5.74, 6) is -1.05. The van der Waals surface area contributed by atoms with E-state index >= 15 is 0 Å². The van der Waals surface area contributed by atoms with Crippen molar-refractivity contribution in [3.63, 3.8) is 0 Å². The van der Waals surface area contributed by atoms with E-state index in [1.165, 1.54) is 18.2 Å². The Kier molecular flexibility index (Phi) is 2.52. The third kappa shape index (κ3) is 1.41. The number of hydrogen-bond donors (Lipinski definition) is 0. The molecule has 1 aliphatic carbocycles. The first-order chi connectivity index (χ1) is 7.66. The Morgan fingerprint density at radius 2 is 1.62 bits per heavy atom. The molecule has 0 amide bonds. The molecule has 0 fully saturated rings. The van der Waals surface area contributed by atoms with Crippen molar-refractivity contribution < 1.29 is 14.4 Å². The van der Waals surface area contributed by atoms with Crippen molar-refractivity contribution in [2.24, 2.45) is 4.99 Å². The van der Waals surface area contributed by atoms with Crippen molar-refractivity contribution in [1.29, 1.82) is 0 Å². The second-order valence-electron chi connectivity index (χ2n) is 3.07. The van der Waals surface area contributed by atoms with Gasteiger partial charge in [0.2, 0.25) is 17.6 Å². The highest BCUT2D eigenvalue weighted by Crippen LogP contribution is 2.28. The average molecular weight is 234 g/mol. The molecule has 1 aliphatic rings. The highest BCUT2D eigenvalue weighted by Gasteiger charge is 2.31. The summed E-state index contributed by atoms with van der Waals surface area (Å²) in [7, 11) is 0. The maximum Gasteiger partial charge on any atom is 0.240 e. The minimum atomic E-state index is -0.538. The van der Waals surface area contributed by atoms with E-state index in [4.69, 9.17) is 11.6 Å². The number of carbonyl (C=O) groups excluding carboxylic acids is 3. The summed E-state index contributed by atoms with van der Waals surface area (Å²) < 4.78 is 0. The van der Waals surface area contributed by atoms with Gasteiger partial charge in [-0.3, -0.25) is 9.59 Å². The second-order valence-corrected chi connectivity index (χ2v) is 3.45. The van der Waals surface area contributed by atoms with Gasteiger partial charge in [0.15, 0.2) is 0 Å². The van der Waals surface area contributed by atoms with Crippen LogP contribution < -0.4 is 0 Å². The Morgan fingerprint density at radius 3 is 2.19 bits per heavy atom. The SMILES string of the molecule is O=C=NC1=C(Cl)C(=O)c2ccccc2C1=O. The number of Topliss-reactive ketones (excluding diaryl/α,β-unsaturated/α-hetero) is 2. The summed E-state index contributed by atoms with van der Waals surface area (Å²) in [6.45, 7) is 0. The molecule has 0 unspecified atom stereocenters. The van der Waals surface area contributed by atoms with Crippen molar-refractivity contribution >= 4 is 29.2 Å². The standard InChI is InChI=1S/C11H4ClNO3/c12-8-9(13-5-14)11(16)7-4-2-1-3-6(7)10(8)15/h1-4H. The average Bonchev–Trinajstić information content (AvgIpc) is 2.32. The molecule has 0 heterocycles. The Balaban J connectivity index is 2.72. The van der Waals surface area contributed by atoms with Crippen LogP contribution in [0.25, 0.3) is 0 Å². The quantitative estimate of drug-likeness (QED) is 0.549. The minimum Gasteiger partial charge on any atom is -0.287 e. The molecule has 5 heteroatoms. The van der Waals surface area contributed by atoms with Crippen LogP contribution in [0.4, 0.5) is 0 Å². The topological polar surface area (TPSA) is 63.6 Å². The highest BCUT2D eigenvalue weighted by atomic mass is 35.5. The zero-order chi connectivity index (χ0) is 11.7. The summed E-state index contributed by atoms with van der Waals surface area (Å²) in [5, 5.41) is -0.341. The number of aliphatic imine (C=N–C) groups is 1. The molecule has 1 aromatic rings. The van der Waals surface area contributed by atoms with E-state index in [1.807, 2.05) is 0 Å². The second kappa shape index (κ2) is 3.85. The number of fused-ring (bicyclic) bond motifs is 1. The lowest BCUT2D eigenvalue weighted by atomic mass is 9.93. The molecule has 0 atom stereocenters.